The number of alkyl halides is 2. The van der Waals surface area contributed by atoms with Crippen LogP contribution < -0.4 is 11.5 Å². The van der Waals surface area contributed by atoms with Crippen molar-refractivity contribution in [1.82, 2.24) is 4.98 Å². The van der Waals surface area contributed by atoms with Gasteiger partial charge < -0.3 is 11.5 Å². The molecule has 0 aliphatic rings. The van der Waals surface area contributed by atoms with E-state index in [-0.39, 0.29) is 16.0 Å². The van der Waals surface area contributed by atoms with E-state index in [1.807, 2.05) is 0 Å². The third kappa shape index (κ3) is 1.98. The zero-order chi connectivity index (χ0) is 10.9. The van der Waals surface area contributed by atoms with Crippen molar-refractivity contribution in [1.29, 1.82) is 0 Å². The van der Waals surface area contributed by atoms with Gasteiger partial charge in [0.25, 0.3) is 12.3 Å². The molecule has 1 aromatic rings. The van der Waals surface area contributed by atoms with Gasteiger partial charge in [0.15, 0.2) is 0 Å². The van der Waals surface area contributed by atoms with Crippen LogP contribution in [0.25, 0.3) is 0 Å². The minimum absolute atomic E-state index is 0.0880. The highest BCUT2D eigenvalue weighted by Gasteiger charge is 2.17. The van der Waals surface area contributed by atoms with Gasteiger partial charge >= 0.3 is 0 Å². The summed E-state index contributed by atoms with van der Waals surface area (Å²) in [4.78, 5) is 14.3. The Morgan fingerprint density at radius 3 is 2.57 bits per heavy atom. The lowest BCUT2D eigenvalue weighted by Crippen LogP contribution is -2.15. The average molecular weight is 266 g/mol. The molecule has 4 N–H and O–H groups in total. The highest BCUT2D eigenvalue weighted by Crippen LogP contribution is 2.28. The number of hydrogen-bond acceptors (Lipinski definition) is 3. The predicted octanol–water partition coefficient (Wildman–Crippen LogP) is 1.46. The van der Waals surface area contributed by atoms with Crippen LogP contribution in [0.3, 0.4) is 0 Å². The number of aromatic nitrogens is 1. The molecule has 7 heteroatoms. The van der Waals surface area contributed by atoms with E-state index < -0.39 is 17.9 Å². The van der Waals surface area contributed by atoms with E-state index >= 15 is 0 Å². The average Bonchev–Trinajstić information content (AvgIpc) is 2.02. The predicted molar refractivity (Wildman–Crippen MR) is 49.8 cm³/mol. The summed E-state index contributed by atoms with van der Waals surface area (Å²) in [7, 11) is 0. The highest BCUT2D eigenvalue weighted by molar-refractivity contribution is 9.10. The van der Waals surface area contributed by atoms with Crippen molar-refractivity contribution >= 4 is 27.7 Å². The molecule has 1 rings (SSSR count). The fraction of sp³-hybridized carbons (Fsp3) is 0.143. The summed E-state index contributed by atoms with van der Waals surface area (Å²) in [6, 6.07) is 0.930. The maximum Gasteiger partial charge on any atom is 0.266 e. The molecule has 0 fully saturated rings. The minimum atomic E-state index is -2.74. The monoisotopic (exact) mass is 265 g/mol. The van der Waals surface area contributed by atoms with E-state index in [0.717, 1.165) is 6.07 Å². The SMILES string of the molecule is NC(=O)c1cc(C(F)F)c(Br)nc1N. The van der Waals surface area contributed by atoms with Crippen LogP contribution >= 0.6 is 15.9 Å². The molecule has 0 aliphatic heterocycles. The van der Waals surface area contributed by atoms with Crippen LogP contribution in [0.1, 0.15) is 22.3 Å². The van der Waals surface area contributed by atoms with Crippen LogP contribution in [-0.2, 0) is 0 Å². The van der Waals surface area contributed by atoms with Crippen LogP contribution in [0, 0.1) is 0 Å². The van der Waals surface area contributed by atoms with Crippen molar-refractivity contribution in [2.45, 2.75) is 6.43 Å². The first-order chi connectivity index (χ1) is 6.43. The fourth-order valence-corrected chi connectivity index (χ4v) is 1.35. The molecule has 0 bridgehead atoms. The third-order valence-electron chi connectivity index (χ3n) is 1.53. The molecule has 1 amide bonds. The van der Waals surface area contributed by atoms with Gasteiger partial charge in [-0.1, -0.05) is 0 Å². The molecule has 0 spiro atoms. The van der Waals surface area contributed by atoms with Gasteiger partial charge in [-0.25, -0.2) is 13.8 Å². The highest BCUT2D eigenvalue weighted by atomic mass is 79.9. The Hall–Kier alpha value is -1.24. The van der Waals surface area contributed by atoms with Crippen molar-refractivity contribution in [2.24, 2.45) is 5.73 Å². The maximum absolute atomic E-state index is 12.3. The second kappa shape index (κ2) is 3.87. The van der Waals surface area contributed by atoms with Gasteiger partial charge in [-0.2, -0.15) is 0 Å². The maximum atomic E-state index is 12.3. The van der Waals surface area contributed by atoms with Crippen molar-refractivity contribution < 1.29 is 13.6 Å². The van der Waals surface area contributed by atoms with Gasteiger partial charge in [-0.15, -0.1) is 0 Å². The lowest BCUT2D eigenvalue weighted by atomic mass is 10.2. The number of nitrogens with two attached hydrogens (primary N) is 2. The van der Waals surface area contributed by atoms with Crippen LogP contribution in [-0.4, -0.2) is 10.9 Å². The summed E-state index contributed by atoms with van der Waals surface area (Å²) in [5.41, 5.74) is 9.60. The number of amides is 1. The molecule has 0 saturated heterocycles. The van der Waals surface area contributed by atoms with E-state index in [1.165, 1.54) is 0 Å². The largest absolute Gasteiger partial charge is 0.383 e. The molecule has 0 atom stereocenters. The van der Waals surface area contributed by atoms with E-state index in [4.69, 9.17) is 11.5 Å². The zero-order valence-electron chi connectivity index (χ0n) is 6.80. The molecule has 14 heavy (non-hydrogen) atoms. The number of halogens is 3. The third-order valence-corrected chi connectivity index (χ3v) is 2.17. The Labute approximate surface area is 86.4 Å². The first-order valence-corrected chi connectivity index (χ1v) is 4.26. The molecule has 76 valence electrons. The van der Waals surface area contributed by atoms with Crippen LogP contribution in [0.2, 0.25) is 0 Å². The number of pyridine rings is 1. The van der Waals surface area contributed by atoms with E-state index in [2.05, 4.69) is 20.9 Å². The summed E-state index contributed by atoms with van der Waals surface area (Å²) in [6.45, 7) is 0. The first kappa shape index (κ1) is 10.8. The van der Waals surface area contributed by atoms with Gasteiger partial charge in [-0.3, -0.25) is 4.79 Å². The van der Waals surface area contributed by atoms with Gasteiger partial charge in [0.05, 0.1) is 11.1 Å². The summed E-state index contributed by atoms with van der Waals surface area (Å²) >= 11 is 2.81. The first-order valence-electron chi connectivity index (χ1n) is 3.47. The lowest BCUT2D eigenvalue weighted by molar-refractivity contribution is 0.1000. The smallest absolute Gasteiger partial charge is 0.266 e. The summed E-state index contributed by atoms with van der Waals surface area (Å²) in [5.74, 6) is -1.06. The summed E-state index contributed by atoms with van der Waals surface area (Å²) in [5, 5.41) is 0. The quantitative estimate of drug-likeness (QED) is 0.795. The van der Waals surface area contributed by atoms with Crippen molar-refractivity contribution in [3.63, 3.8) is 0 Å². The normalized spacial score (nSPS) is 10.6. The van der Waals surface area contributed by atoms with Crippen LogP contribution in [0.5, 0.6) is 0 Å². The molecule has 0 aromatic carbocycles. The van der Waals surface area contributed by atoms with Gasteiger partial charge in [-0.05, 0) is 22.0 Å². The van der Waals surface area contributed by atoms with Crippen LogP contribution in [0.4, 0.5) is 14.6 Å². The number of carbonyl (C=O) groups excluding carboxylic acids is 1. The molecule has 1 heterocycles. The molecule has 1 aromatic heterocycles. The van der Waals surface area contributed by atoms with Crippen molar-refractivity contribution in [2.75, 3.05) is 5.73 Å². The van der Waals surface area contributed by atoms with Crippen molar-refractivity contribution in [3.8, 4) is 0 Å². The number of anilines is 1. The van der Waals surface area contributed by atoms with Gasteiger partial charge in [0.1, 0.15) is 10.4 Å². The number of carbonyl (C=O) groups is 1. The zero-order valence-corrected chi connectivity index (χ0v) is 8.38. The number of nitrogen functional groups attached to an aromatic ring is 1. The minimum Gasteiger partial charge on any atom is -0.383 e. The Kier molecular flexibility index (Phi) is 3.00. The molecule has 0 unspecified atom stereocenters. The molecular formula is C7H6BrF2N3O. The number of nitrogens with zero attached hydrogens (tertiary/aromatic N) is 1. The number of rotatable bonds is 2. The standard InChI is InChI=1S/C7H6BrF2N3O/c8-4-2(5(9)10)1-3(7(12)14)6(11)13-4/h1,5H,(H2,11,13)(H2,12,14). The van der Waals surface area contributed by atoms with E-state index in [9.17, 15) is 13.6 Å². The summed E-state index contributed by atoms with van der Waals surface area (Å²) < 4.78 is 24.6. The lowest BCUT2D eigenvalue weighted by Gasteiger charge is -2.06. The Morgan fingerprint density at radius 1 is 1.57 bits per heavy atom. The molecule has 0 saturated carbocycles. The van der Waals surface area contributed by atoms with Gasteiger partial charge in [0.2, 0.25) is 0 Å². The Bertz CT molecular complexity index is 383. The van der Waals surface area contributed by atoms with E-state index in [0.29, 0.717) is 0 Å². The Morgan fingerprint density at radius 2 is 2.14 bits per heavy atom. The van der Waals surface area contributed by atoms with Gasteiger partial charge in [0, 0.05) is 0 Å². The molecule has 4 nitrogen and oxygen atoms in total. The second-order valence-corrected chi connectivity index (χ2v) is 3.22. The fourth-order valence-electron chi connectivity index (χ4n) is 0.870. The van der Waals surface area contributed by atoms with E-state index in [1.54, 1.807) is 0 Å². The number of primary amides is 1. The Balaban J connectivity index is 3.34. The second-order valence-electron chi connectivity index (χ2n) is 2.47. The topological polar surface area (TPSA) is 82.0 Å². The van der Waals surface area contributed by atoms with Crippen molar-refractivity contribution in [3.05, 3.63) is 21.8 Å². The number of hydrogen-bond donors (Lipinski definition) is 2. The molecular weight excluding hydrogens is 260 g/mol. The summed E-state index contributed by atoms with van der Waals surface area (Å²) in [6.07, 6.45) is -2.74. The van der Waals surface area contributed by atoms with Crippen LogP contribution in [0.15, 0.2) is 10.7 Å². The molecule has 0 radical (unpaired) electrons. The molecule has 0 aliphatic carbocycles.